The van der Waals surface area contributed by atoms with Crippen LogP contribution in [0.2, 0.25) is 0 Å². The summed E-state index contributed by atoms with van der Waals surface area (Å²) in [4.78, 5) is 14.4. The first-order chi connectivity index (χ1) is 11.2. The van der Waals surface area contributed by atoms with Crippen LogP contribution in [0.1, 0.15) is 49.5 Å². The molecule has 0 aromatic heterocycles. The molecular formula is C18H26N2O3S. The molecule has 1 heterocycles. The Kier molecular flexibility index (Phi) is 4.47. The van der Waals surface area contributed by atoms with Crippen LogP contribution in [0.4, 0.5) is 0 Å². The lowest BCUT2D eigenvalue weighted by atomic mass is 9.86. The first-order valence-corrected chi connectivity index (χ1v) is 10.1. The van der Waals surface area contributed by atoms with E-state index in [1.807, 2.05) is 24.3 Å². The van der Waals surface area contributed by atoms with Crippen molar-refractivity contribution in [2.24, 2.45) is 0 Å². The molecule has 0 spiro atoms. The highest BCUT2D eigenvalue weighted by Crippen LogP contribution is 2.31. The van der Waals surface area contributed by atoms with E-state index in [9.17, 15) is 13.2 Å². The predicted molar refractivity (Wildman–Crippen MR) is 94.6 cm³/mol. The van der Waals surface area contributed by atoms with Gasteiger partial charge in [0.1, 0.15) is 0 Å². The number of benzene rings is 1. The van der Waals surface area contributed by atoms with Crippen molar-refractivity contribution in [1.82, 2.24) is 9.21 Å². The SMILES string of the molecule is CC(C)(C)c1ccc(C(=O)N2CCN(S(=O)(=O)C3CC3)CC2)cc1. The van der Waals surface area contributed by atoms with Crippen LogP contribution in [0.25, 0.3) is 0 Å². The maximum Gasteiger partial charge on any atom is 0.253 e. The van der Waals surface area contributed by atoms with Gasteiger partial charge in [-0.15, -0.1) is 0 Å². The number of piperazine rings is 1. The van der Waals surface area contributed by atoms with Gasteiger partial charge in [-0.1, -0.05) is 32.9 Å². The number of hydrogen-bond donors (Lipinski definition) is 0. The monoisotopic (exact) mass is 350 g/mol. The molecule has 0 atom stereocenters. The summed E-state index contributed by atoms with van der Waals surface area (Å²) in [6.07, 6.45) is 1.56. The van der Waals surface area contributed by atoms with E-state index < -0.39 is 10.0 Å². The van der Waals surface area contributed by atoms with Crippen molar-refractivity contribution >= 4 is 15.9 Å². The molecule has 1 amide bonds. The van der Waals surface area contributed by atoms with Gasteiger partial charge in [-0.2, -0.15) is 4.31 Å². The second kappa shape index (κ2) is 6.15. The first-order valence-electron chi connectivity index (χ1n) is 8.58. The predicted octanol–water partition coefficient (Wildman–Crippen LogP) is 2.23. The van der Waals surface area contributed by atoms with Crippen LogP contribution in [0.15, 0.2) is 24.3 Å². The van der Waals surface area contributed by atoms with E-state index in [1.54, 1.807) is 9.21 Å². The molecule has 5 nitrogen and oxygen atoms in total. The highest BCUT2D eigenvalue weighted by molar-refractivity contribution is 7.90. The highest BCUT2D eigenvalue weighted by Gasteiger charge is 2.41. The Balaban J connectivity index is 1.63. The summed E-state index contributed by atoms with van der Waals surface area (Å²) in [6, 6.07) is 7.74. The lowest BCUT2D eigenvalue weighted by Crippen LogP contribution is -2.51. The van der Waals surface area contributed by atoms with Gasteiger partial charge in [0.15, 0.2) is 0 Å². The molecule has 1 aromatic carbocycles. The molecule has 1 aliphatic carbocycles. The average Bonchev–Trinajstić information content (AvgIpc) is 3.39. The summed E-state index contributed by atoms with van der Waals surface area (Å²) in [7, 11) is -3.13. The minimum absolute atomic E-state index is 0.0149. The molecule has 6 heteroatoms. The fourth-order valence-corrected chi connectivity index (χ4v) is 4.84. The van der Waals surface area contributed by atoms with Crippen LogP contribution in [-0.2, 0) is 15.4 Å². The molecule has 132 valence electrons. The van der Waals surface area contributed by atoms with Crippen molar-refractivity contribution in [1.29, 1.82) is 0 Å². The molecule has 0 N–H and O–H groups in total. The molecule has 2 fully saturated rings. The second-order valence-electron chi connectivity index (χ2n) is 7.76. The Morgan fingerprint density at radius 1 is 1.00 bits per heavy atom. The van der Waals surface area contributed by atoms with Gasteiger partial charge in [-0.25, -0.2) is 8.42 Å². The highest BCUT2D eigenvalue weighted by atomic mass is 32.2. The summed E-state index contributed by atoms with van der Waals surface area (Å²) in [5, 5.41) is -0.176. The van der Waals surface area contributed by atoms with Crippen molar-refractivity contribution in [2.75, 3.05) is 26.2 Å². The Morgan fingerprint density at radius 3 is 2.00 bits per heavy atom. The number of sulfonamides is 1. The number of hydrogen-bond acceptors (Lipinski definition) is 3. The molecule has 0 unspecified atom stereocenters. The van der Waals surface area contributed by atoms with Gasteiger partial charge < -0.3 is 4.90 Å². The molecule has 0 radical (unpaired) electrons. The van der Waals surface area contributed by atoms with Gasteiger partial charge in [0.05, 0.1) is 5.25 Å². The lowest BCUT2D eigenvalue weighted by Gasteiger charge is -2.34. The number of carbonyl (C=O) groups excluding carboxylic acids is 1. The molecule has 1 saturated carbocycles. The number of rotatable bonds is 3. The average molecular weight is 350 g/mol. The summed E-state index contributed by atoms with van der Waals surface area (Å²) in [6.45, 7) is 8.17. The van der Waals surface area contributed by atoms with E-state index in [2.05, 4.69) is 20.8 Å². The van der Waals surface area contributed by atoms with Gasteiger partial charge >= 0.3 is 0 Å². The largest absolute Gasteiger partial charge is 0.336 e. The molecule has 24 heavy (non-hydrogen) atoms. The van der Waals surface area contributed by atoms with Crippen molar-refractivity contribution in [3.05, 3.63) is 35.4 Å². The fourth-order valence-electron chi connectivity index (χ4n) is 3.02. The maximum atomic E-state index is 12.6. The van der Waals surface area contributed by atoms with Gasteiger partial charge in [0, 0.05) is 31.7 Å². The first kappa shape index (κ1) is 17.4. The van der Waals surface area contributed by atoms with E-state index in [0.717, 1.165) is 12.8 Å². The minimum atomic E-state index is -3.13. The Hall–Kier alpha value is -1.40. The van der Waals surface area contributed by atoms with E-state index >= 15 is 0 Å². The van der Waals surface area contributed by atoms with Gasteiger partial charge in [-0.05, 0) is 36.0 Å². The number of nitrogens with zero attached hydrogens (tertiary/aromatic N) is 2. The second-order valence-corrected chi connectivity index (χ2v) is 9.98. The van der Waals surface area contributed by atoms with Crippen molar-refractivity contribution in [3.8, 4) is 0 Å². The Labute approximate surface area is 144 Å². The molecular weight excluding hydrogens is 324 g/mol. The Bertz CT molecular complexity index is 708. The third-order valence-electron chi connectivity index (χ3n) is 4.83. The van der Waals surface area contributed by atoms with Crippen molar-refractivity contribution < 1.29 is 13.2 Å². The van der Waals surface area contributed by atoms with Crippen LogP contribution in [0.5, 0.6) is 0 Å². The minimum Gasteiger partial charge on any atom is -0.336 e. The normalized spacial score (nSPS) is 20.2. The van der Waals surface area contributed by atoms with Crippen LogP contribution in [0, 0.1) is 0 Å². The molecule has 1 aliphatic heterocycles. The molecule has 1 saturated heterocycles. The van der Waals surface area contributed by atoms with Gasteiger partial charge in [0.2, 0.25) is 10.0 Å². The van der Waals surface area contributed by atoms with E-state index in [4.69, 9.17) is 0 Å². The standard InChI is InChI=1S/C18H26N2O3S/c1-18(2,3)15-6-4-14(5-7-15)17(21)19-10-12-20(13-11-19)24(22,23)16-8-9-16/h4-7,16H,8-13H2,1-3H3. The maximum absolute atomic E-state index is 12.6. The topological polar surface area (TPSA) is 57.7 Å². The van der Waals surface area contributed by atoms with Crippen LogP contribution in [0.3, 0.4) is 0 Å². The van der Waals surface area contributed by atoms with Gasteiger partial charge in [-0.3, -0.25) is 4.79 Å². The van der Waals surface area contributed by atoms with Crippen LogP contribution < -0.4 is 0 Å². The van der Waals surface area contributed by atoms with E-state index in [1.165, 1.54) is 5.56 Å². The van der Waals surface area contributed by atoms with Gasteiger partial charge in [0.25, 0.3) is 5.91 Å². The van der Waals surface area contributed by atoms with Crippen molar-refractivity contribution in [2.45, 2.75) is 44.3 Å². The zero-order valence-electron chi connectivity index (χ0n) is 14.7. The summed E-state index contributed by atoms with van der Waals surface area (Å²) < 4.78 is 26.0. The quantitative estimate of drug-likeness (QED) is 0.840. The summed E-state index contributed by atoms with van der Waals surface area (Å²) in [5.41, 5.74) is 1.92. The molecule has 2 aliphatic rings. The van der Waals surface area contributed by atoms with Crippen LogP contribution in [-0.4, -0.2) is 55.0 Å². The summed E-state index contributed by atoms with van der Waals surface area (Å²) in [5.74, 6) is -0.0149. The fraction of sp³-hybridized carbons (Fsp3) is 0.611. The number of carbonyl (C=O) groups is 1. The Morgan fingerprint density at radius 2 is 1.54 bits per heavy atom. The molecule has 3 rings (SSSR count). The smallest absolute Gasteiger partial charge is 0.253 e. The number of amides is 1. The third-order valence-corrected chi connectivity index (χ3v) is 7.23. The zero-order chi connectivity index (χ0) is 17.5. The third kappa shape index (κ3) is 3.49. The van der Waals surface area contributed by atoms with E-state index in [0.29, 0.717) is 31.7 Å². The zero-order valence-corrected chi connectivity index (χ0v) is 15.5. The summed E-state index contributed by atoms with van der Waals surface area (Å²) >= 11 is 0. The molecule has 1 aromatic rings. The molecule has 0 bridgehead atoms. The van der Waals surface area contributed by atoms with Crippen molar-refractivity contribution in [3.63, 3.8) is 0 Å². The van der Waals surface area contributed by atoms with E-state index in [-0.39, 0.29) is 16.6 Å². The van der Waals surface area contributed by atoms with Crippen LogP contribution >= 0.6 is 0 Å². The lowest BCUT2D eigenvalue weighted by molar-refractivity contribution is 0.0698.